The number of fused-ring (bicyclic) bond motifs is 16. The molecule has 0 radical (unpaired) electrons. The topological polar surface area (TPSA) is 19.7 Å². The van der Waals surface area contributed by atoms with Gasteiger partial charge in [-0.2, -0.15) is 0 Å². The predicted molar refractivity (Wildman–Crippen MR) is 604 cm³/mol. The zero-order chi connectivity index (χ0) is 94.0. The second-order valence-electron chi connectivity index (χ2n) is 37.8. The largest absolute Gasteiger partial charge is 0.309 e. The van der Waals surface area contributed by atoms with Gasteiger partial charge in [-0.3, -0.25) is 0 Å². The van der Waals surface area contributed by atoms with Crippen LogP contribution in [0.3, 0.4) is 0 Å². The normalized spacial score (nSPS) is 11.7. The molecule has 0 atom stereocenters. The summed E-state index contributed by atoms with van der Waals surface area (Å²) in [5.74, 6) is 0. The SMILES string of the molecule is Cc1ccc(-n2c3ccccc3c3cc(-c4ccc5c(-c6ccccc6)c6cc(-c7ccc8c(c7)c7ccccc7n8-c7ccc(C)cc7)ccc6c(-c6ccccc6)c5c4)ccc32)cc1.c1ccc(-c2ccc(-n3c4ccccc4c4cc(-c5ccc6c(-c7ccccc7)c7cc(-c8ccc9c(c8)c8ccccc8n9-c8ccc(-c9ccccc9)cc8)ccc7c(-c7ccccc7)c6c5)ccc43)cc2)cc1. The van der Waals surface area contributed by atoms with Crippen LogP contribution in [0.2, 0.25) is 0 Å². The lowest BCUT2D eigenvalue weighted by Gasteiger charge is -2.20. The van der Waals surface area contributed by atoms with E-state index in [2.05, 4.69) is 554 Å². The van der Waals surface area contributed by atoms with Crippen LogP contribution in [0, 0.1) is 13.8 Å². The molecule has 0 amide bonds. The molecule has 0 saturated heterocycles. The molecule has 0 aliphatic heterocycles. The molecule has 28 aromatic rings. The quantitative estimate of drug-likeness (QED) is 0.0967. The Labute approximate surface area is 823 Å². The maximum atomic E-state index is 2.44. The smallest absolute Gasteiger partial charge is 0.0541 e. The van der Waals surface area contributed by atoms with Crippen LogP contribution >= 0.6 is 0 Å². The van der Waals surface area contributed by atoms with Crippen LogP contribution in [0.4, 0.5) is 0 Å². The van der Waals surface area contributed by atoms with Crippen molar-refractivity contribution in [3.8, 4) is 134 Å². The summed E-state index contributed by atoms with van der Waals surface area (Å²) in [7, 11) is 0. The Morgan fingerprint density at radius 2 is 0.268 bits per heavy atom. The monoisotopic (exact) mass is 1800 g/mol. The van der Waals surface area contributed by atoms with E-state index in [9.17, 15) is 0 Å². The van der Waals surface area contributed by atoms with Crippen LogP contribution in [-0.4, -0.2) is 18.3 Å². The van der Waals surface area contributed by atoms with Crippen molar-refractivity contribution in [2.24, 2.45) is 0 Å². The maximum absolute atomic E-state index is 2.44. The van der Waals surface area contributed by atoms with Gasteiger partial charge in [0.1, 0.15) is 0 Å². The van der Waals surface area contributed by atoms with Gasteiger partial charge in [0, 0.05) is 65.8 Å². The first-order chi connectivity index (χ1) is 70.2. The van der Waals surface area contributed by atoms with Crippen LogP contribution in [0.25, 0.3) is 264 Å². The molecule has 0 saturated carbocycles. The van der Waals surface area contributed by atoms with E-state index in [0.717, 1.165) is 11.4 Å². The molecule has 0 unspecified atom stereocenters. The third kappa shape index (κ3) is 14.1. The van der Waals surface area contributed by atoms with Gasteiger partial charge in [0.2, 0.25) is 0 Å². The molecule has 4 aromatic heterocycles. The summed E-state index contributed by atoms with van der Waals surface area (Å²) in [4.78, 5) is 0. The van der Waals surface area contributed by atoms with Crippen molar-refractivity contribution in [1.82, 2.24) is 18.3 Å². The first-order valence-electron chi connectivity index (χ1n) is 49.1. The van der Waals surface area contributed by atoms with Gasteiger partial charge < -0.3 is 18.3 Å². The summed E-state index contributed by atoms with van der Waals surface area (Å²) in [5.41, 5.74) is 41.0. The van der Waals surface area contributed by atoms with Gasteiger partial charge in [0.05, 0.1) is 44.1 Å². The highest BCUT2D eigenvalue weighted by Crippen LogP contribution is 2.51. The van der Waals surface area contributed by atoms with Crippen molar-refractivity contribution in [2.45, 2.75) is 13.8 Å². The van der Waals surface area contributed by atoms with Crippen molar-refractivity contribution in [3.63, 3.8) is 0 Å². The first kappa shape index (κ1) is 82.9. The summed E-state index contributed by atoms with van der Waals surface area (Å²) in [5, 5.41) is 19.8. The molecule has 24 aromatic carbocycles. The number of hydrogen-bond acceptors (Lipinski definition) is 0. The Bertz CT molecular complexity index is 9270. The lowest BCUT2D eigenvalue weighted by atomic mass is 9.84. The fourth-order valence-electron chi connectivity index (χ4n) is 22.8. The average molecular weight is 1810 g/mol. The zero-order valence-corrected chi connectivity index (χ0v) is 78.4. The number of hydrogen-bond donors (Lipinski definition) is 0. The van der Waals surface area contributed by atoms with Crippen molar-refractivity contribution in [2.75, 3.05) is 0 Å². The highest BCUT2D eigenvalue weighted by molar-refractivity contribution is 6.26. The van der Waals surface area contributed by atoms with Gasteiger partial charge in [0.15, 0.2) is 0 Å². The van der Waals surface area contributed by atoms with Crippen molar-refractivity contribution in [3.05, 3.63) is 533 Å². The Balaban J connectivity index is 0.000000143. The average Bonchev–Trinajstić information content (AvgIpc) is 1.12. The molecule has 4 heterocycles. The lowest BCUT2D eigenvalue weighted by molar-refractivity contribution is 1.17. The van der Waals surface area contributed by atoms with E-state index in [4.69, 9.17) is 0 Å². The summed E-state index contributed by atoms with van der Waals surface area (Å²) in [6.07, 6.45) is 0. The van der Waals surface area contributed by atoms with E-state index in [1.165, 1.54) is 264 Å². The van der Waals surface area contributed by atoms with Crippen LogP contribution in [0.5, 0.6) is 0 Å². The molecule has 0 N–H and O–H groups in total. The van der Waals surface area contributed by atoms with E-state index in [0.29, 0.717) is 0 Å². The number of aromatic nitrogens is 4. The van der Waals surface area contributed by atoms with Crippen LogP contribution in [0.15, 0.2) is 522 Å². The molecule has 4 nitrogen and oxygen atoms in total. The summed E-state index contributed by atoms with van der Waals surface area (Å²) in [6.45, 7) is 4.29. The number of nitrogens with zero attached hydrogens (tertiary/aromatic N) is 4. The first-order valence-corrected chi connectivity index (χ1v) is 49.1. The molecule has 0 fully saturated rings. The molecule has 0 bridgehead atoms. The second-order valence-corrected chi connectivity index (χ2v) is 37.8. The minimum Gasteiger partial charge on any atom is -0.309 e. The van der Waals surface area contributed by atoms with E-state index in [1.54, 1.807) is 0 Å². The van der Waals surface area contributed by atoms with E-state index in [1.807, 2.05) is 0 Å². The summed E-state index contributed by atoms with van der Waals surface area (Å²) < 4.78 is 9.62. The molecule has 664 valence electrons. The molecule has 28 rings (SSSR count). The zero-order valence-electron chi connectivity index (χ0n) is 78.4. The minimum atomic E-state index is 1.15. The molecular formula is C138H92N4. The molecule has 4 heteroatoms. The molecule has 0 aliphatic carbocycles. The third-order valence-electron chi connectivity index (χ3n) is 29.6. The number of para-hydroxylation sites is 4. The third-order valence-corrected chi connectivity index (χ3v) is 29.6. The number of aryl methyl sites for hydroxylation is 2. The van der Waals surface area contributed by atoms with Gasteiger partial charge in [-0.25, -0.2) is 0 Å². The standard InChI is InChI=1S/C74H48N2.C64H44N2/c1-5-17-49(18-6-1)51-29-37-59(38-30-51)75-69-27-15-13-25-61(69)65-45-57(35-43-71(65)75)55-33-41-63-67(47-55)73(53-21-9-3-10-22-53)64-42-34-56(48-68(64)74(63)54-23-11-4-12-24-54)58-36-44-72-66(46-58)62-26-14-16-28-70(62)76(72)60-39-31-52(32-40-60)50-19-7-2-8-20-50;1-41-21-29-49(30-22-41)65-59-19-11-9-17-51(59)55-37-47(27-35-61(55)65)45-25-33-53-57(39-45)63(43-13-5-3-6-14-43)54-34-26-46(40-58(54)64(53)44-15-7-4-8-16-44)48-28-36-62-56(38-48)52-18-10-12-20-60(52)66(62)50-31-23-42(2)24-32-50/h1-48H;3-40H,1-2H3. The summed E-state index contributed by atoms with van der Waals surface area (Å²) >= 11 is 0. The highest BCUT2D eigenvalue weighted by atomic mass is 15.0. The Morgan fingerprint density at radius 3 is 0.493 bits per heavy atom. The van der Waals surface area contributed by atoms with Gasteiger partial charge in [-0.15, -0.1) is 0 Å². The van der Waals surface area contributed by atoms with Crippen LogP contribution in [-0.2, 0) is 0 Å². The fraction of sp³-hybridized carbons (Fsp3) is 0.0145. The highest BCUT2D eigenvalue weighted by Gasteiger charge is 2.26. The Morgan fingerprint density at radius 1 is 0.106 bits per heavy atom. The minimum absolute atomic E-state index is 1.15. The van der Waals surface area contributed by atoms with Gasteiger partial charge in [-0.05, 0) is 314 Å². The second kappa shape index (κ2) is 34.3. The molecule has 0 aliphatic rings. The molecule has 142 heavy (non-hydrogen) atoms. The van der Waals surface area contributed by atoms with Crippen LogP contribution < -0.4 is 0 Å². The van der Waals surface area contributed by atoms with E-state index in [-0.39, 0.29) is 0 Å². The fourth-order valence-corrected chi connectivity index (χ4v) is 22.8. The number of benzene rings is 24. The van der Waals surface area contributed by atoms with E-state index < -0.39 is 0 Å². The summed E-state index contributed by atoms with van der Waals surface area (Å²) in [6, 6.07) is 193. The number of rotatable bonds is 14. The van der Waals surface area contributed by atoms with Gasteiger partial charge >= 0.3 is 0 Å². The predicted octanol–water partition coefficient (Wildman–Crippen LogP) is 37.7. The molecular weight excluding hydrogens is 1710 g/mol. The Hall–Kier alpha value is -18.5. The van der Waals surface area contributed by atoms with Gasteiger partial charge in [-0.1, -0.05) is 387 Å². The van der Waals surface area contributed by atoms with Crippen molar-refractivity contribution >= 4 is 130 Å². The maximum Gasteiger partial charge on any atom is 0.0541 e. The van der Waals surface area contributed by atoms with Crippen molar-refractivity contribution < 1.29 is 0 Å². The van der Waals surface area contributed by atoms with Crippen molar-refractivity contribution in [1.29, 1.82) is 0 Å². The molecule has 0 spiro atoms. The Kier molecular flexibility index (Phi) is 20.1. The lowest BCUT2D eigenvalue weighted by Crippen LogP contribution is -1.94. The van der Waals surface area contributed by atoms with Gasteiger partial charge in [0.25, 0.3) is 0 Å². The van der Waals surface area contributed by atoms with Crippen LogP contribution in [0.1, 0.15) is 11.1 Å². The van der Waals surface area contributed by atoms with E-state index >= 15 is 0 Å².